The molecule has 1 aliphatic carbocycles. The van der Waals surface area contributed by atoms with E-state index < -0.39 is 0 Å². The second kappa shape index (κ2) is 5.37. The molecule has 0 unspecified atom stereocenters. The van der Waals surface area contributed by atoms with E-state index in [0.29, 0.717) is 0 Å². The highest BCUT2D eigenvalue weighted by molar-refractivity contribution is 5.84. The Kier molecular flexibility index (Phi) is 3.75. The predicted molar refractivity (Wildman–Crippen MR) is 102 cm³/mol. The van der Waals surface area contributed by atoms with E-state index in [4.69, 9.17) is 0 Å². The summed E-state index contributed by atoms with van der Waals surface area (Å²) >= 11 is 0. The molecule has 0 N–H and O–H groups in total. The van der Waals surface area contributed by atoms with Crippen LogP contribution in [0.15, 0.2) is 48.0 Å². The number of allylic oxidation sites excluding steroid dienone is 1. The Balaban J connectivity index is 2.28. The quantitative estimate of drug-likeness (QED) is 0.554. The van der Waals surface area contributed by atoms with Crippen molar-refractivity contribution >= 4 is 6.08 Å². The summed E-state index contributed by atoms with van der Waals surface area (Å²) in [5.41, 5.74) is 9.02. The van der Waals surface area contributed by atoms with E-state index in [-0.39, 0.29) is 10.8 Å². The zero-order valence-electron chi connectivity index (χ0n) is 15.3. The van der Waals surface area contributed by atoms with Gasteiger partial charge in [0.15, 0.2) is 0 Å². The molecule has 0 saturated carbocycles. The van der Waals surface area contributed by atoms with Crippen LogP contribution in [0.1, 0.15) is 58.2 Å². The average Bonchev–Trinajstić information content (AvgIpc) is 2.90. The topological polar surface area (TPSA) is 0 Å². The van der Waals surface area contributed by atoms with Gasteiger partial charge in [0.2, 0.25) is 0 Å². The minimum absolute atomic E-state index is 0.137. The maximum atomic E-state index is 2.45. The van der Waals surface area contributed by atoms with Crippen molar-refractivity contribution in [3.63, 3.8) is 0 Å². The first-order valence-corrected chi connectivity index (χ1v) is 8.61. The second-order valence-electron chi connectivity index (χ2n) is 8.77. The molecule has 2 aromatic carbocycles. The van der Waals surface area contributed by atoms with E-state index in [1.807, 2.05) is 0 Å². The average molecular weight is 304 g/mol. The number of hydrogen-bond acceptors (Lipinski definition) is 0. The van der Waals surface area contributed by atoms with Gasteiger partial charge in [-0.3, -0.25) is 0 Å². The van der Waals surface area contributed by atoms with Crippen LogP contribution in [0.2, 0.25) is 0 Å². The number of fused-ring (bicyclic) bond motifs is 1. The molecule has 1 aliphatic rings. The molecule has 0 heteroatoms. The van der Waals surface area contributed by atoms with Crippen molar-refractivity contribution in [1.29, 1.82) is 0 Å². The van der Waals surface area contributed by atoms with Gasteiger partial charge in [0, 0.05) is 0 Å². The van der Waals surface area contributed by atoms with Crippen molar-refractivity contribution in [3.05, 3.63) is 64.7 Å². The minimum Gasteiger partial charge on any atom is -0.0622 e. The maximum Gasteiger partial charge on any atom is -0.00523 e. The number of rotatable bonds is 1. The van der Waals surface area contributed by atoms with E-state index >= 15 is 0 Å². The first-order chi connectivity index (χ1) is 10.7. The Bertz CT molecular complexity index is 747. The molecule has 0 nitrogen and oxygen atoms in total. The molecule has 0 saturated heterocycles. The van der Waals surface area contributed by atoms with Crippen LogP contribution < -0.4 is 0 Å². The Labute approximate surface area is 141 Å². The third kappa shape index (κ3) is 3.00. The molecule has 0 radical (unpaired) electrons. The van der Waals surface area contributed by atoms with E-state index in [2.05, 4.69) is 90.1 Å². The van der Waals surface area contributed by atoms with Crippen molar-refractivity contribution in [2.75, 3.05) is 0 Å². The van der Waals surface area contributed by atoms with Gasteiger partial charge in [-0.15, -0.1) is 0 Å². The summed E-state index contributed by atoms with van der Waals surface area (Å²) in [6.45, 7) is 13.9. The lowest BCUT2D eigenvalue weighted by Gasteiger charge is -2.25. The second-order valence-corrected chi connectivity index (χ2v) is 8.77. The standard InChI is InChI=1S/C23H28/c1-22(2,3)18-14-17-12-13-20(23(4,5)6)21(19(17)15-18)16-10-8-7-9-11-16/h7-13,15H,14H2,1-6H3. The summed E-state index contributed by atoms with van der Waals surface area (Å²) < 4.78 is 0. The molecule has 0 aromatic heterocycles. The molecule has 2 aromatic rings. The zero-order valence-corrected chi connectivity index (χ0v) is 15.3. The highest BCUT2D eigenvalue weighted by atomic mass is 14.3. The largest absolute Gasteiger partial charge is 0.0622 e. The fourth-order valence-electron chi connectivity index (χ4n) is 3.43. The lowest BCUT2D eigenvalue weighted by atomic mass is 9.79. The zero-order chi connectivity index (χ0) is 16.8. The summed E-state index contributed by atoms with van der Waals surface area (Å²) in [5.74, 6) is 0. The van der Waals surface area contributed by atoms with Crippen LogP contribution in [0.3, 0.4) is 0 Å². The van der Waals surface area contributed by atoms with Gasteiger partial charge in [0.05, 0.1) is 0 Å². The molecular formula is C23H28. The molecule has 3 rings (SSSR count). The smallest absolute Gasteiger partial charge is 0.00523 e. The van der Waals surface area contributed by atoms with Gasteiger partial charge >= 0.3 is 0 Å². The van der Waals surface area contributed by atoms with Gasteiger partial charge < -0.3 is 0 Å². The molecule has 0 atom stereocenters. The minimum atomic E-state index is 0.137. The fourth-order valence-corrected chi connectivity index (χ4v) is 3.43. The van der Waals surface area contributed by atoms with Crippen LogP contribution in [-0.4, -0.2) is 0 Å². The van der Waals surface area contributed by atoms with E-state index in [0.717, 1.165) is 6.42 Å². The first kappa shape index (κ1) is 16.1. The molecule has 0 amide bonds. The van der Waals surface area contributed by atoms with Crippen LogP contribution >= 0.6 is 0 Å². The van der Waals surface area contributed by atoms with E-state index in [9.17, 15) is 0 Å². The lowest BCUT2D eigenvalue weighted by molar-refractivity contribution is 0.498. The molecule has 0 spiro atoms. The molecule has 0 bridgehead atoms. The summed E-state index contributed by atoms with van der Waals surface area (Å²) in [7, 11) is 0. The van der Waals surface area contributed by atoms with Gasteiger partial charge in [0.25, 0.3) is 0 Å². The third-order valence-corrected chi connectivity index (χ3v) is 4.87. The van der Waals surface area contributed by atoms with Crippen LogP contribution in [0.25, 0.3) is 17.2 Å². The van der Waals surface area contributed by atoms with Crippen molar-refractivity contribution in [1.82, 2.24) is 0 Å². The summed E-state index contributed by atoms with van der Waals surface area (Å²) in [4.78, 5) is 0. The summed E-state index contributed by atoms with van der Waals surface area (Å²) in [6.07, 6.45) is 3.54. The van der Waals surface area contributed by atoms with Crippen molar-refractivity contribution in [3.8, 4) is 11.1 Å². The van der Waals surface area contributed by atoms with E-state index in [1.54, 1.807) is 0 Å². The van der Waals surface area contributed by atoms with Crippen LogP contribution in [0.4, 0.5) is 0 Å². The molecule has 23 heavy (non-hydrogen) atoms. The molecule has 0 aliphatic heterocycles. The highest BCUT2D eigenvalue weighted by Gasteiger charge is 2.28. The summed E-state index contributed by atoms with van der Waals surface area (Å²) in [5, 5.41) is 0. The summed E-state index contributed by atoms with van der Waals surface area (Å²) in [6, 6.07) is 15.6. The monoisotopic (exact) mass is 304 g/mol. The molecule has 0 heterocycles. The number of hydrogen-bond donors (Lipinski definition) is 0. The SMILES string of the molecule is CC(C)(C)C1=Cc2c(ccc(C(C)(C)C)c2-c2ccccc2)C1. The van der Waals surface area contributed by atoms with Crippen molar-refractivity contribution in [2.24, 2.45) is 5.41 Å². The lowest BCUT2D eigenvalue weighted by Crippen LogP contribution is -2.14. The fraction of sp³-hybridized carbons (Fsp3) is 0.391. The van der Waals surface area contributed by atoms with Gasteiger partial charge in [-0.1, -0.05) is 95.7 Å². The van der Waals surface area contributed by atoms with Crippen LogP contribution in [0.5, 0.6) is 0 Å². The van der Waals surface area contributed by atoms with Gasteiger partial charge in [0.1, 0.15) is 0 Å². The molecular weight excluding hydrogens is 276 g/mol. The van der Waals surface area contributed by atoms with Crippen molar-refractivity contribution < 1.29 is 0 Å². The van der Waals surface area contributed by atoms with E-state index in [1.165, 1.54) is 33.4 Å². The Hall–Kier alpha value is -1.82. The Morgan fingerprint density at radius 3 is 1.96 bits per heavy atom. The van der Waals surface area contributed by atoms with Gasteiger partial charge in [-0.05, 0) is 45.1 Å². The first-order valence-electron chi connectivity index (χ1n) is 8.61. The van der Waals surface area contributed by atoms with Crippen LogP contribution in [-0.2, 0) is 11.8 Å². The van der Waals surface area contributed by atoms with Gasteiger partial charge in [-0.2, -0.15) is 0 Å². The maximum absolute atomic E-state index is 2.45. The predicted octanol–water partition coefficient (Wildman–Crippen LogP) is 6.64. The van der Waals surface area contributed by atoms with Gasteiger partial charge in [-0.25, -0.2) is 0 Å². The van der Waals surface area contributed by atoms with Crippen LogP contribution in [0, 0.1) is 5.41 Å². The Morgan fingerprint density at radius 1 is 0.739 bits per heavy atom. The number of benzene rings is 2. The highest BCUT2D eigenvalue weighted by Crippen LogP contribution is 2.44. The third-order valence-electron chi connectivity index (χ3n) is 4.87. The normalized spacial score (nSPS) is 14.6. The van der Waals surface area contributed by atoms with Crippen molar-refractivity contribution in [2.45, 2.75) is 53.4 Å². The Morgan fingerprint density at radius 2 is 1.39 bits per heavy atom. The molecule has 120 valence electrons. The molecule has 0 fully saturated rings.